The lowest BCUT2D eigenvalue weighted by Crippen LogP contribution is -2.34. The molecule has 1 saturated carbocycles. The van der Waals surface area contributed by atoms with E-state index in [9.17, 15) is 5.11 Å². The molecule has 1 rings (SSSR count). The summed E-state index contributed by atoms with van der Waals surface area (Å²) >= 11 is 0. The van der Waals surface area contributed by atoms with Crippen molar-refractivity contribution in [3.63, 3.8) is 0 Å². The molecular formula is C13H23O. The number of allylic oxidation sites excluding steroid dienone is 1. The summed E-state index contributed by atoms with van der Waals surface area (Å²) in [7, 11) is 0. The van der Waals surface area contributed by atoms with Gasteiger partial charge < -0.3 is 0 Å². The highest BCUT2D eigenvalue weighted by molar-refractivity contribution is 4.88. The van der Waals surface area contributed by atoms with Gasteiger partial charge in [0, 0.05) is 0 Å². The van der Waals surface area contributed by atoms with E-state index in [1.165, 1.54) is 12.8 Å². The van der Waals surface area contributed by atoms with Crippen LogP contribution in [0.4, 0.5) is 0 Å². The third-order valence-corrected chi connectivity index (χ3v) is 3.43. The van der Waals surface area contributed by atoms with E-state index in [-0.39, 0.29) is 5.41 Å². The van der Waals surface area contributed by atoms with Crippen molar-refractivity contribution in [2.45, 2.75) is 52.6 Å². The van der Waals surface area contributed by atoms with Crippen molar-refractivity contribution in [2.24, 2.45) is 17.3 Å². The Morgan fingerprint density at radius 2 is 1.71 bits per heavy atom. The van der Waals surface area contributed by atoms with Gasteiger partial charge in [0.1, 0.15) is 6.10 Å². The average Bonchev–Trinajstić information content (AvgIpc) is 2.15. The Labute approximate surface area is 88.2 Å². The Bertz CT molecular complexity index is 182. The van der Waals surface area contributed by atoms with Crippen LogP contribution in [-0.2, 0) is 5.11 Å². The fourth-order valence-corrected chi connectivity index (χ4v) is 2.39. The molecule has 0 saturated heterocycles. The summed E-state index contributed by atoms with van der Waals surface area (Å²) in [5, 5.41) is 12.1. The summed E-state index contributed by atoms with van der Waals surface area (Å²) in [5.41, 5.74) is -0.0777. The van der Waals surface area contributed by atoms with Gasteiger partial charge in [-0.1, -0.05) is 26.8 Å². The lowest BCUT2D eigenvalue weighted by molar-refractivity contribution is -0.0555. The zero-order valence-corrected chi connectivity index (χ0v) is 9.75. The molecule has 81 valence electrons. The second kappa shape index (κ2) is 4.48. The van der Waals surface area contributed by atoms with Crippen molar-refractivity contribution in [3.05, 3.63) is 12.7 Å². The molecule has 0 aliphatic heterocycles. The maximum Gasteiger partial charge on any atom is 0.101 e. The van der Waals surface area contributed by atoms with Crippen molar-refractivity contribution in [1.82, 2.24) is 0 Å². The predicted octanol–water partition coefficient (Wildman–Crippen LogP) is 3.82. The largest absolute Gasteiger partial charge is 0.232 e. The lowest BCUT2D eigenvalue weighted by Gasteiger charge is -2.35. The minimum atomic E-state index is -0.395. The molecule has 1 unspecified atom stereocenters. The van der Waals surface area contributed by atoms with E-state index in [4.69, 9.17) is 0 Å². The summed E-state index contributed by atoms with van der Waals surface area (Å²) < 4.78 is 0. The summed E-state index contributed by atoms with van der Waals surface area (Å²) in [6.45, 7) is 10.0. The van der Waals surface area contributed by atoms with Crippen LogP contribution in [0.5, 0.6) is 0 Å². The summed E-state index contributed by atoms with van der Waals surface area (Å²) in [5.74, 6) is 1.06. The third kappa shape index (κ3) is 2.84. The molecule has 1 aliphatic carbocycles. The maximum absolute atomic E-state index is 12.1. The van der Waals surface area contributed by atoms with E-state index in [0.717, 1.165) is 12.8 Å². The summed E-state index contributed by atoms with van der Waals surface area (Å²) in [6.07, 6.45) is 6.19. The Hall–Kier alpha value is -0.300. The monoisotopic (exact) mass is 195 g/mol. The van der Waals surface area contributed by atoms with Gasteiger partial charge in [-0.25, -0.2) is 5.11 Å². The molecule has 0 bridgehead atoms. The van der Waals surface area contributed by atoms with Crippen molar-refractivity contribution in [2.75, 3.05) is 0 Å². The van der Waals surface area contributed by atoms with Gasteiger partial charge >= 0.3 is 0 Å². The molecule has 14 heavy (non-hydrogen) atoms. The van der Waals surface area contributed by atoms with Crippen LogP contribution in [0.1, 0.15) is 46.5 Å². The first kappa shape index (κ1) is 11.8. The van der Waals surface area contributed by atoms with Crippen LogP contribution >= 0.6 is 0 Å². The quantitative estimate of drug-likeness (QED) is 0.597. The van der Waals surface area contributed by atoms with E-state index >= 15 is 0 Å². The van der Waals surface area contributed by atoms with Crippen molar-refractivity contribution < 1.29 is 5.11 Å². The van der Waals surface area contributed by atoms with Crippen LogP contribution in [0.15, 0.2) is 12.7 Å². The van der Waals surface area contributed by atoms with Crippen LogP contribution in [0.3, 0.4) is 0 Å². The average molecular weight is 195 g/mol. The lowest BCUT2D eigenvalue weighted by atomic mass is 9.72. The fraction of sp³-hybridized carbons (Fsp3) is 0.846. The second-order valence-corrected chi connectivity index (χ2v) is 5.70. The van der Waals surface area contributed by atoms with Crippen molar-refractivity contribution in [3.8, 4) is 0 Å². The highest BCUT2D eigenvalue weighted by Gasteiger charge is 2.33. The second-order valence-electron chi connectivity index (χ2n) is 5.70. The van der Waals surface area contributed by atoms with E-state index in [1.54, 1.807) is 0 Å². The van der Waals surface area contributed by atoms with Gasteiger partial charge in [-0.3, -0.25) is 0 Å². The van der Waals surface area contributed by atoms with Crippen LogP contribution in [0.25, 0.3) is 0 Å². The molecule has 1 nitrogen and oxygen atoms in total. The van der Waals surface area contributed by atoms with Crippen LogP contribution in [0, 0.1) is 17.3 Å². The molecule has 1 radical (unpaired) electrons. The van der Waals surface area contributed by atoms with Gasteiger partial charge in [-0.15, -0.1) is 6.58 Å². The highest BCUT2D eigenvalue weighted by atomic mass is 16.3. The Morgan fingerprint density at radius 1 is 1.21 bits per heavy atom. The smallest absolute Gasteiger partial charge is 0.101 e. The molecule has 1 heteroatoms. The fourth-order valence-electron chi connectivity index (χ4n) is 2.39. The first-order chi connectivity index (χ1) is 6.45. The molecule has 0 aromatic carbocycles. The molecular weight excluding hydrogens is 172 g/mol. The molecule has 1 aliphatic rings. The molecule has 0 aromatic rings. The third-order valence-electron chi connectivity index (χ3n) is 3.43. The summed E-state index contributed by atoms with van der Waals surface area (Å²) in [6, 6.07) is 0. The van der Waals surface area contributed by atoms with Gasteiger partial charge in [0.15, 0.2) is 0 Å². The summed E-state index contributed by atoms with van der Waals surface area (Å²) in [4.78, 5) is 0. The molecule has 0 heterocycles. The predicted molar refractivity (Wildman–Crippen MR) is 59.6 cm³/mol. The highest BCUT2D eigenvalue weighted by Crippen LogP contribution is 2.37. The van der Waals surface area contributed by atoms with E-state index in [2.05, 4.69) is 27.4 Å². The number of rotatable bonds is 2. The van der Waals surface area contributed by atoms with E-state index in [0.29, 0.717) is 11.8 Å². The normalized spacial score (nSPS) is 31.1. The SMILES string of the molecule is C=CC1CCC(C([O])C(C)(C)C)CC1. The Kier molecular flexibility index (Phi) is 3.77. The topological polar surface area (TPSA) is 19.9 Å². The van der Waals surface area contributed by atoms with Crippen LogP contribution in [0.2, 0.25) is 0 Å². The molecule has 1 fully saturated rings. The number of hydrogen-bond acceptors (Lipinski definition) is 0. The van der Waals surface area contributed by atoms with Gasteiger partial charge in [0.25, 0.3) is 0 Å². The van der Waals surface area contributed by atoms with Crippen LogP contribution in [-0.4, -0.2) is 6.10 Å². The van der Waals surface area contributed by atoms with Gasteiger partial charge in [-0.2, -0.15) is 0 Å². The molecule has 1 atom stereocenters. The zero-order chi connectivity index (χ0) is 10.8. The van der Waals surface area contributed by atoms with Gasteiger partial charge in [0.2, 0.25) is 0 Å². The minimum Gasteiger partial charge on any atom is -0.232 e. The zero-order valence-electron chi connectivity index (χ0n) is 9.75. The van der Waals surface area contributed by atoms with E-state index < -0.39 is 6.10 Å². The Morgan fingerprint density at radius 3 is 2.07 bits per heavy atom. The first-order valence-electron chi connectivity index (χ1n) is 5.73. The van der Waals surface area contributed by atoms with Gasteiger partial charge in [-0.05, 0) is 42.9 Å². The molecule has 0 spiro atoms. The standard InChI is InChI=1S/C13H23O/c1-5-10-6-8-11(9-7-10)12(14)13(2,3)4/h5,10-12H,1,6-9H2,2-4H3. The minimum absolute atomic E-state index is 0.0777. The van der Waals surface area contributed by atoms with Crippen molar-refractivity contribution >= 4 is 0 Å². The Balaban J connectivity index is 2.45. The number of hydrogen-bond donors (Lipinski definition) is 0. The molecule has 0 N–H and O–H groups in total. The van der Waals surface area contributed by atoms with Crippen molar-refractivity contribution in [1.29, 1.82) is 0 Å². The van der Waals surface area contributed by atoms with E-state index in [1.807, 2.05) is 6.08 Å². The molecule has 0 aromatic heterocycles. The van der Waals surface area contributed by atoms with Gasteiger partial charge in [0.05, 0.1) is 0 Å². The first-order valence-corrected chi connectivity index (χ1v) is 5.73. The van der Waals surface area contributed by atoms with Crippen LogP contribution < -0.4 is 0 Å². The maximum atomic E-state index is 12.1. The molecule has 0 amide bonds.